The lowest BCUT2D eigenvalue weighted by Crippen LogP contribution is -2.29. The summed E-state index contributed by atoms with van der Waals surface area (Å²) >= 11 is 5.95. The molecule has 1 aliphatic rings. The zero-order chi connectivity index (χ0) is 25.6. The molecule has 5 rings (SSSR count). The number of rotatable bonds is 5. The molecule has 0 saturated carbocycles. The minimum atomic E-state index is -0.0696. The zero-order valence-electron chi connectivity index (χ0n) is 21.8. The number of anilines is 2. The van der Waals surface area contributed by atoms with Gasteiger partial charge in [0, 0.05) is 48.7 Å². The summed E-state index contributed by atoms with van der Waals surface area (Å²) in [6.45, 7) is 8.77. The van der Waals surface area contributed by atoms with Crippen molar-refractivity contribution in [1.29, 1.82) is 0 Å². The number of pyridine rings is 1. The van der Waals surface area contributed by atoms with Gasteiger partial charge in [-0.2, -0.15) is 0 Å². The van der Waals surface area contributed by atoms with E-state index in [1.165, 1.54) is 33.8 Å². The van der Waals surface area contributed by atoms with E-state index in [1.807, 2.05) is 18.3 Å². The van der Waals surface area contributed by atoms with Crippen LogP contribution in [0.15, 0.2) is 72.9 Å². The highest BCUT2D eigenvalue weighted by molar-refractivity contribution is 7.80. The molecule has 0 bridgehead atoms. The first-order valence-electron chi connectivity index (χ1n) is 12.3. The maximum absolute atomic E-state index is 5.95. The van der Waals surface area contributed by atoms with Gasteiger partial charge in [0.2, 0.25) is 0 Å². The fourth-order valence-corrected chi connectivity index (χ4v) is 5.64. The Morgan fingerprint density at radius 3 is 2.33 bits per heavy atom. The molecule has 1 fully saturated rings. The Morgan fingerprint density at radius 1 is 0.917 bits per heavy atom. The third kappa shape index (κ3) is 4.05. The third-order valence-electron chi connectivity index (χ3n) is 7.35. The molecule has 36 heavy (non-hydrogen) atoms. The molecular formula is C30H33N5S. The van der Waals surface area contributed by atoms with Gasteiger partial charge >= 0.3 is 0 Å². The first-order chi connectivity index (χ1) is 17.3. The van der Waals surface area contributed by atoms with E-state index >= 15 is 0 Å². The maximum atomic E-state index is 5.95. The van der Waals surface area contributed by atoms with Gasteiger partial charge in [-0.05, 0) is 105 Å². The van der Waals surface area contributed by atoms with Gasteiger partial charge in [-0.1, -0.05) is 18.2 Å². The normalized spacial score (nSPS) is 17.4. The van der Waals surface area contributed by atoms with Gasteiger partial charge < -0.3 is 19.7 Å². The lowest BCUT2D eigenvalue weighted by atomic mass is 9.96. The summed E-state index contributed by atoms with van der Waals surface area (Å²) in [4.78, 5) is 9.08. The second-order valence-corrected chi connectivity index (χ2v) is 10.2. The number of aromatic nitrogens is 2. The Morgan fingerprint density at radius 2 is 1.67 bits per heavy atom. The van der Waals surface area contributed by atoms with Crippen LogP contribution in [0.4, 0.5) is 11.4 Å². The van der Waals surface area contributed by atoms with Gasteiger partial charge in [0.25, 0.3) is 0 Å². The van der Waals surface area contributed by atoms with Crippen LogP contribution in [0.5, 0.6) is 0 Å². The first-order valence-corrected chi connectivity index (χ1v) is 12.7. The lowest BCUT2D eigenvalue weighted by molar-refractivity contribution is 0.565. The minimum Gasteiger partial charge on any atom is -0.378 e. The molecule has 0 spiro atoms. The summed E-state index contributed by atoms with van der Waals surface area (Å²) in [5.41, 5.74) is 10.7. The van der Waals surface area contributed by atoms with E-state index < -0.39 is 0 Å². The predicted molar refractivity (Wildman–Crippen MR) is 153 cm³/mol. The molecule has 2 atom stereocenters. The summed E-state index contributed by atoms with van der Waals surface area (Å²) in [5.74, 6) is 0. The monoisotopic (exact) mass is 495 g/mol. The fourth-order valence-electron chi connectivity index (χ4n) is 5.30. The highest BCUT2D eigenvalue weighted by Gasteiger charge is 2.42. The van der Waals surface area contributed by atoms with Crippen LogP contribution in [0.1, 0.15) is 45.9 Å². The van der Waals surface area contributed by atoms with Crippen molar-refractivity contribution < 1.29 is 0 Å². The second-order valence-electron chi connectivity index (χ2n) is 9.79. The standard InChI is InChI=1S/C30H33N5S/c1-19-10-9-12-27(21(19)3)34-20(2)18-25(22(34)4)29-28(26-11-7-8-17-31-26)32-30(36)35(29)24-15-13-23(14-16-24)33(5)6/h7-18,28-29H,1-6H3,(H,32,36). The molecule has 2 unspecified atom stereocenters. The molecule has 4 aromatic rings. The second kappa shape index (κ2) is 9.43. The Kier molecular flexibility index (Phi) is 6.31. The van der Waals surface area contributed by atoms with Gasteiger partial charge in [0.15, 0.2) is 5.11 Å². The van der Waals surface area contributed by atoms with Gasteiger partial charge in [0.1, 0.15) is 0 Å². The van der Waals surface area contributed by atoms with Crippen molar-refractivity contribution in [2.45, 2.75) is 39.8 Å². The zero-order valence-corrected chi connectivity index (χ0v) is 22.6. The summed E-state index contributed by atoms with van der Waals surface area (Å²) in [6.07, 6.45) is 1.85. The van der Waals surface area contributed by atoms with Crippen LogP contribution in [0.3, 0.4) is 0 Å². The first kappa shape index (κ1) is 24.1. The highest BCUT2D eigenvalue weighted by Crippen LogP contribution is 2.44. The van der Waals surface area contributed by atoms with Crippen molar-refractivity contribution in [3.63, 3.8) is 0 Å². The van der Waals surface area contributed by atoms with Crippen molar-refractivity contribution in [3.05, 3.63) is 107 Å². The molecule has 0 aliphatic carbocycles. The van der Waals surface area contributed by atoms with Crippen molar-refractivity contribution in [2.24, 2.45) is 0 Å². The minimum absolute atomic E-state index is 0.0392. The van der Waals surface area contributed by atoms with Crippen molar-refractivity contribution in [3.8, 4) is 5.69 Å². The van der Waals surface area contributed by atoms with E-state index in [4.69, 9.17) is 17.2 Å². The molecular weight excluding hydrogens is 462 g/mol. The van der Waals surface area contributed by atoms with Crippen LogP contribution < -0.4 is 15.1 Å². The Labute approximate surface area is 219 Å². The largest absolute Gasteiger partial charge is 0.378 e. The third-order valence-corrected chi connectivity index (χ3v) is 7.66. The molecule has 1 aliphatic heterocycles. The van der Waals surface area contributed by atoms with Crippen LogP contribution in [0.25, 0.3) is 5.69 Å². The van der Waals surface area contributed by atoms with E-state index in [0.29, 0.717) is 5.11 Å². The van der Waals surface area contributed by atoms with E-state index in [-0.39, 0.29) is 12.1 Å². The predicted octanol–water partition coefficient (Wildman–Crippen LogP) is 6.35. The lowest BCUT2D eigenvalue weighted by Gasteiger charge is -2.28. The van der Waals surface area contributed by atoms with Crippen molar-refractivity contribution in [1.82, 2.24) is 14.9 Å². The van der Waals surface area contributed by atoms with E-state index in [9.17, 15) is 0 Å². The Bertz CT molecular complexity index is 1410. The number of nitrogens with one attached hydrogen (secondary N) is 1. The van der Waals surface area contributed by atoms with Crippen molar-refractivity contribution in [2.75, 3.05) is 23.9 Å². The number of hydrogen-bond donors (Lipinski definition) is 1. The van der Waals surface area contributed by atoms with Crippen LogP contribution >= 0.6 is 12.2 Å². The maximum Gasteiger partial charge on any atom is 0.174 e. The van der Waals surface area contributed by atoms with E-state index in [2.05, 4.69) is 116 Å². The molecule has 3 heterocycles. The summed E-state index contributed by atoms with van der Waals surface area (Å²) < 4.78 is 2.38. The van der Waals surface area contributed by atoms with Crippen molar-refractivity contribution >= 4 is 28.7 Å². The molecule has 0 amide bonds. The number of nitrogens with zero attached hydrogens (tertiary/aromatic N) is 4. The number of hydrogen-bond acceptors (Lipinski definition) is 3. The molecule has 6 heteroatoms. The van der Waals surface area contributed by atoms with Gasteiger partial charge in [0.05, 0.1) is 17.8 Å². The molecule has 1 N–H and O–H groups in total. The molecule has 1 saturated heterocycles. The van der Waals surface area contributed by atoms with E-state index in [1.54, 1.807) is 0 Å². The molecule has 5 nitrogen and oxygen atoms in total. The number of aryl methyl sites for hydroxylation is 2. The van der Waals surface area contributed by atoms with Crippen LogP contribution in [0, 0.1) is 27.7 Å². The SMILES string of the molecule is Cc1cccc(-n2c(C)cc(C3C(c4ccccn4)NC(=S)N3c3ccc(N(C)C)cc3)c2C)c1C. The van der Waals surface area contributed by atoms with Gasteiger partial charge in [-0.25, -0.2) is 0 Å². The number of thiocarbonyl (C=S) groups is 1. The number of benzene rings is 2. The fraction of sp³-hybridized carbons (Fsp3) is 0.267. The van der Waals surface area contributed by atoms with Crippen LogP contribution in [-0.4, -0.2) is 28.8 Å². The highest BCUT2D eigenvalue weighted by atomic mass is 32.1. The quantitative estimate of drug-likeness (QED) is 0.327. The van der Waals surface area contributed by atoms with E-state index in [0.717, 1.165) is 17.1 Å². The Balaban J connectivity index is 1.68. The molecule has 2 aromatic carbocycles. The van der Waals surface area contributed by atoms with Gasteiger partial charge in [-0.3, -0.25) is 4.98 Å². The van der Waals surface area contributed by atoms with Crippen LogP contribution in [0.2, 0.25) is 0 Å². The summed E-state index contributed by atoms with van der Waals surface area (Å²) in [5, 5.41) is 4.31. The molecule has 0 radical (unpaired) electrons. The Hall–Kier alpha value is -3.64. The average Bonchev–Trinajstić information content (AvgIpc) is 3.36. The average molecular weight is 496 g/mol. The van der Waals surface area contributed by atoms with Gasteiger partial charge in [-0.15, -0.1) is 0 Å². The summed E-state index contributed by atoms with van der Waals surface area (Å²) in [6, 6.07) is 23.4. The summed E-state index contributed by atoms with van der Waals surface area (Å²) in [7, 11) is 4.11. The molecule has 2 aromatic heterocycles. The van der Waals surface area contributed by atoms with Crippen LogP contribution in [-0.2, 0) is 0 Å². The topological polar surface area (TPSA) is 36.3 Å². The smallest absolute Gasteiger partial charge is 0.174 e. The molecule has 184 valence electrons.